The van der Waals surface area contributed by atoms with Crippen molar-refractivity contribution in [2.75, 3.05) is 0 Å². The zero-order chi connectivity index (χ0) is 13.9. The number of ether oxygens (including phenoxy) is 1. The van der Waals surface area contributed by atoms with Crippen molar-refractivity contribution in [1.82, 2.24) is 10.1 Å². The summed E-state index contributed by atoms with van der Waals surface area (Å²) in [4.78, 5) is 4.27. The Morgan fingerprint density at radius 3 is 2.57 bits per heavy atom. The molecule has 0 atom stereocenters. The fourth-order valence-corrected chi connectivity index (χ4v) is 2.54. The number of halogens is 1. The number of aryl methyl sites for hydroxylation is 1. The van der Waals surface area contributed by atoms with Crippen LogP contribution in [0.25, 0.3) is 11.5 Å². The second-order valence-corrected chi connectivity index (χ2v) is 5.30. The smallest absolute Gasteiger partial charge is 0.261 e. The third-order valence-electron chi connectivity index (χ3n) is 3.66. The molecule has 1 fully saturated rings. The highest BCUT2D eigenvalue weighted by molar-refractivity contribution is 5.85. The van der Waals surface area contributed by atoms with E-state index in [0.29, 0.717) is 17.8 Å². The Bertz CT molecular complexity index is 580. The van der Waals surface area contributed by atoms with Crippen LogP contribution in [-0.4, -0.2) is 22.3 Å². The predicted molar refractivity (Wildman–Crippen MR) is 82.6 cm³/mol. The lowest BCUT2D eigenvalue weighted by Crippen LogP contribution is -2.31. The van der Waals surface area contributed by atoms with Crippen molar-refractivity contribution in [2.24, 2.45) is 5.73 Å². The van der Waals surface area contributed by atoms with E-state index >= 15 is 0 Å². The summed E-state index contributed by atoms with van der Waals surface area (Å²) in [5.41, 5.74) is 6.78. The second-order valence-electron chi connectivity index (χ2n) is 5.30. The van der Waals surface area contributed by atoms with Crippen LogP contribution >= 0.6 is 12.4 Å². The third kappa shape index (κ3) is 3.74. The topological polar surface area (TPSA) is 74.2 Å². The predicted octanol–water partition coefficient (Wildman–Crippen LogP) is 3.12. The van der Waals surface area contributed by atoms with E-state index in [1.807, 2.05) is 24.3 Å². The van der Waals surface area contributed by atoms with Crippen molar-refractivity contribution in [1.29, 1.82) is 0 Å². The SMILES string of the molecule is Cc1noc(-c2ccccc2OC2CCC(N)CC2)n1.Cl. The van der Waals surface area contributed by atoms with Gasteiger partial charge < -0.3 is 15.0 Å². The zero-order valence-corrected chi connectivity index (χ0v) is 12.8. The highest BCUT2D eigenvalue weighted by Gasteiger charge is 2.21. The van der Waals surface area contributed by atoms with Gasteiger partial charge in [0, 0.05) is 6.04 Å². The van der Waals surface area contributed by atoms with Gasteiger partial charge in [0.1, 0.15) is 5.75 Å². The lowest BCUT2D eigenvalue weighted by atomic mass is 9.93. The van der Waals surface area contributed by atoms with Crippen LogP contribution in [0.1, 0.15) is 31.5 Å². The summed E-state index contributed by atoms with van der Waals surface area (Å²) in [6.45, 7) is 1.80. The maximum atomic E-state index is 6.12. The molecular weight excluding hydrogens is 290 g/mol. The maximum Gasteiger partial charge on any atom is 0.261 e. The fraction of sp³-hybridized carbons (Fsp3) is 0.467. The van der Waals surface area contributed by atoms with Gasteiger partial charge in [-0.15, -0.1) is 12.4 Å². The van der Waals surface area contributed by atoms with Crippen LogP contribution < -0.4 is 10.5 Å². The molecule has 0 bridgehead atoms. The number of benzene rings is 1. The molecular formula is C15H20ClN3O2. The van der Waals surface area contributed by atoms with Crippen molar-refractivity contribution in [3.05, 3.63) is 30.1 Å². The molecule has 0 spiro atoms. The van der Waals surface area contributed by atoms with Gasteiger partial charge in [-0.25, -0.2) is 0 Å². The molecule has 0 unspecified atom stereocenters. The standard InChI is InChI=1S/C15H19N3O2.ClH/c1-10-17-15(20-18-10)13-4-2-3-5-14(13)19-12-8-6-11(16)7-9-12;/h2-5,11-12H,6-9,16H2,1H3;1H. The van der Waals surface area contributed by atoms with Gasteiger partial charge in [-0.2, -0.15) is 4.98 Å². The normalized spacial score (nSPS) is 21.6. The van der Waals surface area contributed by atoms with Gasteiger partial charge in [0.25, 0.3) is 5.89 Å². The maximum absolute atomic E-state index is 6.12. The Kier molecular flexibility index (Phi) is 5.20. The molecule has 114 valence electrons. The molecule has 1 aliphatic carbocycles. The number of hydrogen-bond acceptors (Lipinski definition) is 5. The molecule has 1 aromatic carbocycles. The number of hydrogen-bond donors (Lipinski definition) is 1. The average molecular weight is 310 g/mol. The van der Waals surface area contributed by atoms with Gasteiger partial charge in [0.15, 0.2) is 5.82 Å². The molecule has 1 aromatic heterocycles. The molecule has 1 aliphatic rings. The van der Waals surface area contributed by atoms with Crippen molar-refractivity contribution in [3.63, 3.8) is 0 Å². The first-order valence-electron chi connectivity index (χ1n) is 7.04. The first-order chi connectivity index (χ1) is 9.72. The first-order valence-corrected chi connectivity index (χ1v) is 7.04. The molecule has 6 heteroatoms. The van der Waals surface area contributed by atoms with E-state index in [1.165, 1.54) is 0 Å². The van der Waals surface area contributed by atoms with E-state index in [4.69, 9.17) is 15.0 Å². The molecule has 2 N–H and O–H groups in total. The Morgan fingerprint density at radius 1 is 1.19 bits per heavy atom. The average Bonchev–Trinajstić information content (AvgIpc) is 2.88. The van der Waals surface area contributed by atoms with Crippen molar-refractivity contribution in [3.8, 4) is 17.2 Å². The van der Waals surface area contributed by atoms with E-state index in [-0.39, 0.29) is 18.5 Å². The van der Waals surface area contributed by atoms with Gasteiger partial charge in [-0.3, -0.25) is 0 Å². The summed E-state index contributed by atoms with van der Waals surface area (Å²) in [6.07, 6.45) is 4.26. The summed E-state index contributed by atoms with van der Waals surface area (Å²) in [7, 11) is 0. The molecule has 21 heavy (non-hydrogen) atoms. The van der Waals surface area contributed by atoms with Gasteiger partial charge in [0.05, 0.1) is 11.7 Å². The van der Waals surface area contributed by atoms with Gasteiger partial charge in [0.2, 0.25) is 0 Å². The number of rotatable bonds is 3. The first kappa shape index (κ1) is 15.8. The van der Waals surface area contributed by atoms with Crippen LogP contribution in [0.2, 0.25) is 0 Å². The van der Waals surface area contributed by atoms with Crippen LogP contribution in [0.5, 0.6) is 5.75 Å². The van der Waals surface area contributed by atoms with Crippen LogP contribution in [-0.2, 0) is 0 Å². The van der Waals surface area contributed by atoms with E-state index in [9.17, 15) is 0 Å². The second kappa shape index (κ2) is 6.91. The van der Waals surface area contributed by atoms with Gasteiger partial charge >= 0.3 is 0 Å². The van der Waals surface area contributed by atoms with Crippen LogP contribution in [0.3, 0.4) is 0 Å². The Labute approximate surface area is 130 Å². The Balaban J connectivity index is 0.00000161. The minimum absolute atomic E-state index is 0. The summed E-state index contributed by atoms with van der Waals surface area (Å²) < 4.78 is 11.4. The van der Waals surface area contributed by atoms with Crippen LogP contribution in [0.4, 0.5) is 0 Å². The van der Waals surface area contributed by atoms with E-state index < -0.39 is 0 Å². The molecule has 0 radical (unpaired) electrons. The molecule has 3 rings (SSSR count). The Morgan fingerprint density at radius 2 is 1.90 bits per heavy atom. The fourth-order valence-electron chi connectivity index (χ4n) is 2.54. The monoisotopic (exact) mass is 309 g/mol. The molecule has 1 saturated carbocycles. The van der Waals surface area contributed by atoms with Crippen molar-refractivity contribution >= 4 is 12.4 Å². The quantitative estimate of drug-likeness (QED) is 0.943. The zero-order valence-electron chi connectivity index (χ0n) is 12.0. The van der Waals surface area contributed by atoms with E-state index in [0.717, 1.165) is 37.0 Å². The largest absolute Gasteiger partial charge is 0.490 e. The summed E-state index contributed by atoms with van der Waals surface area (Å²) in [6, 6.07) is 8.11. The highest BCUT2D eigenvalue weighted by Crippen LogP contribution is 2.31. The summed E-state index contributed by atoms with van der Waals surface area (Å²) in [5.74, 6) is 1.93. The lowest BCUT2D eigenvalue weighted by Gasteiger charge is -2.27. The summed E-state index contributed by atoms with van der Waals surface area (Å²) in [5, 5.41) is 3.83. The number of nitrogens with two attached hydrogens (primary N) is 1. The van der Waals surface area contributed by atoms with E-state index in [1.54, 1.807) is 6.92 Å². The molecule has 5 nitrogen and oxygen atoms in total. The van der Waals surface area contributed by atoms with Gasteiger partial charge in [-0.05, 0) is 44.7 Å². The van der Waals surface area contributed by atoms with Crippen molar-refractivity contribution < 1.29 is 9.26 Å². The Hall–Kier alpha value is -1.59. The summed E-state index contributed by atoms with van der Waals surface area (Å²) >= 11 is 0. The minimum Gasteiger partial charge on any atom is -0.490 e. The van der Waals surface area contributed by atoms with Crippen LogP contribution in [0, 0.1) is 6.92 Å². The van der Waals surface area contributed by atoms with E-state index in [2.05, 4.69) is 10.1 Å². The molecule has 2 aromatic rings. The number of nitrogens with zero attached hydrogens (tertiary/aromatic N) is 2. The molecule has 0 amide bonds. The van der Waals surface area contributed by atoms with Gasteiger partial charge in [-0.1, -0.05) is 17.3 Å². The number of aromatic nitrogens is 2. The number of para-hydroxylation sites is 1. The molecule has 0 aliphatic heterocycles. The lowest BCUT2D eigenvalue weighted by molar-refractivity contribution is 0.147. The van der Waals surface area contributed by atoms with Crippen molar-refractivity contribution in [2.45, 2.75) is 44.8 Å². The molecule has 0 saturated heterocycles. The molecule has 1 heterocycles. The van der Waals surface area contributed by atoms with Crippen LogP contribution in [0.15, 0.2) is 28.8 Å². The third-order valence-corrected chi connectivity index (χ3v) is 3.66. The minimum atomic E-state index is 0. The highest BCUT2D eigenvalue weighted by atomic mass is 35.5.